The number of likely N-dealkylation sites (tertiary alicyclic amines) is 1. The third-order valence-corrected chi connectivity index (χ3v) is 5.15. The maximum atomic E-state index is 15.0. The van der Waals surface area contributed by atoms with E-state index >= 15 is 0 Å². The van der Waals surface area contributed by atoms with Crippen LogP contribution in [0.15, 0.2) is 35.1 Å². The molecule has 4 rings (SSSR count). The van der Waals surface area contributed by atoms with Crippen LogP contribution in [0.2, 0.25) is 0 Å². The molecule has 1 atom stereocenters. The number of halogens is 4. The van der Waals surface area contributed by atoms with Gasteiger partial charge in [0.1, 0.15) is 17.6 Å². The van der Waals surface area contributed by atoms with Gasteiger partial charge in [0.05, 0.1) is 17.8 Å². The molecule has 0 bridgehead atoms. The van der Waals surface area contributed by atoms with Gasteiger partial charge in [-0.25, -0.2) is 22.9 Å². The minimum absolute atomic E-state index is 0.0369. The summed E-state index contributed by atoms with van der Waals surface area (Å²) in [5.74, 6) is -3.16. The van der Waals surface area contributed by atoms with Gasteiger partial charge in [-0.05, 0) is 40.5 Å². The molecule has 1 unspecified atom stereocenters. The first-order chi connectivity index (χ1) is 13.8. The summed E-state index contributed by atoms with van der Waals surface area (Å²) < 4.78 is 43.2. The molecule has 3 heterocycles. The van der Waals surface area contributed by atoms with Crippen molar-refractivity contribution in [2.45, 2.75) is 12.6 Å². The van der Waals surface area contributed by atoms with Crippen LogP contribution in [0.3, 0.4) is 0 Å². The average Bonchev–Trinajstić information content (AvgIpc) is 3.30. The van der Waals surface area contributed by atoms with Gasteiger partial charge in [0.15, 0.2) is 5.82 Å². The normalized spacial score (nSPS) is 16.4. The van der Waals surface area contributed by atoms with Gasteiger partial charge in [-0.15, -0.1) is 0 Å². The molecule has 2 N–H and O–H groups in total. The number of urea groups is 1. The maximum Gasteiger partial charge on any atom is 0.322 e. The van der Waals surface area contributed by atoms with Gasteiger partial charge in [0.25, 0.3) is 0 Å². The summed E-state index contributed by atoms with van der Waals surface area (Å²) >= 11 is 3.25. The predicted molar refractivity (Wildman–Crippen MR) is 104 cm³/mol. The van der Waals surface area contributed by atoms with Crippen molar-refractivity contribution in [1.29, 1.82) is 0 Å². The number of alkyl halides is 1. The van der Waals surface area contributed by atoms with Crippen LogP contribution in [0.1, 0.15) is 22.3 Å². The molecule has 1 fully saturated rings. The second-order valence-corrected chi connectivity index (χ2v) is 7.54. The minimum atomic E-state index is -1.20. The maximum absolute atomic E-state index is 15.0. The van der Waals surface area contributed by atoms with Gasteiger partial charge in [0.2, 0.25) is 5.78 Å². The number of fused-ring (bicyclic) bond motifs is 1. The summed E-state index contributed by atoms with van der Waals surface area (Å²) in [7, 11) is 0. The van der Waals surface area contributed by atoms with Crippen molar-refractivity contribution in [1.82, 2.24) is 14.9 Å². The molecule has 29 heavy (non-hydrogen) atoms. The zero-order chi connectivity index (χ0) is 20.7. The second-order valence-electron chi connectivity index (χ2n) is 6.63. The van der Waals surface area contributed by atoms with E-state index in [1.165, 1.54) is 17.3 Å². The lowest BCUT2D eigenvalue weighted by molar-refractivity contribution is 0.103. The van der Waals surface area contributed by atoms with Crippen molar-refractivity contribution < 1.29 is 22.8 Å². The topological polar surface area (TPSA) is 78.1 Å². The van der Waals surface area contributed by atoms with E-state index in [1.54, 1.807) is 6.07 Å². The fourth-order valence-corrected chi connectivity index (χ4v) is 3.59. The number of amides is 2. The number of H-pyrrole nitrogens is 1. The number of hydrogen-bond donors (Lipinski definition) is 2. The Labute approximate surface area is 171 Å². The van der Waals surface area contributed by atoms with Gasteiger partial charge in [0, 0.05) is 34.4 Å². The summed E-state index contributed by atoms with van der Waals surface area (Å²) in [5.41, 5.74) is -0.735. The SMILES string of the molecule is O=C(c1c(F)ccc(NC(=O)N2CCC(F)C2)c1F)c1c[nH]c2ncc(Br)cc12. The highest BCUT2D eigenvalue weighted by Gasteiger charge is 2.28. The standard InChI is InChI=1S/C19H14BrF3N4O2/c20-9-5-11-12(7-25-18(11)24-6-9)17(28)15-13(22)1-2-14(16(15)23)26-19(29)27-4-3-10(21)8-27/h1-2,5-7,10H,3-4,8H2,(H,24,25)(H,26,29). The number of benzene rings is 1. The fourth-order valence-electron chi connectivity index (χ4n) is 3.25. The molecule has 2 amide bonds. The molecule has 3 aromatic rings. The number of hydrogen-bond acceptors (Lipinski definition) is 3. The van der Waals surface area contributed by atoms with E-state index in [4.69, 9.17) is 0 Å². The van der Waals surface area contributed by atoms with Gasteiger partial charge in [-0.2, -0.15) is 0 Å². The number of carbonyl (C=O) groups excluding carboxylic acids is 2. The predicted octanol–water partition coefficient (Wildman–Crippen LogP) is 4.41. The zero-order valence-electron chi connectivity index (χ0n) is 14.8. The van der Waals surface area contributed by atoms with E-state index < -0.39 is 35.2 Å². The number of rotatable bonds is 3. The monoisotopic (exact) mass is 466 g/mol. The molecule has 0 radical (unpaired) electrons. The summed E-state index contributed by atoms with van der Waals surface area (Å²) in [6.45, 7) is 0.0937. The third-order valence-electron chi connectivity index (χ3n) is 4.72. The molecule has 6 nitrogen and oxygen atoms in total. The average molecular weight is 467 g/mol. The van der Waals surface area contributed by atoms with Crippen LogP contribution in [0.4, 0.5) is 23.7 Å². The summed E-state index contributed by atoms with van der Waals surface area (Å²) in [6.07, 6.45) is 1.91. The van der Waals surface area contributed by atoms with Crippen LogP contribution in [0.5, 0.6) is 0 Å². The number of aromatic amines is 1. The second kappa shape index (κ2) is 7.51. The lowest BCUT2D eigenvalue weighted by atomic mass is 10.0. The highest BCUT2D eigenvalue weighted by Crippen LogP contribution is 2.28. The Morgan fingerprint density at radius 3 is 2.83 bits per heavy atom. The number of aromatic nitrogens is 2. The Balaban J connectivity index is 1.68. The Morgan fingerprint density at radius 2 is 2.10 bits per heavy atom. The van der Waals surface area contributed by atoms with Crippen LogP contribution in [-0.4, -0.2) is 45.9 Å². The number of anilines is 1. The van der Waals surface area contributed by atoms with Crippen LogP contribution < -0.4 is 5.32 Å². The van der Waals surface area contributed by atoms with Gasteiger partial charge in [-0.3, -0.25) is 4.79 Å². The molecule has 1 aromatic carbocycles. The van der Waals surface area contributed by atoms with Crippen molar-refractivity contribution in [2.24, 2.45) is 0 Å². The van der Waals surface area contributed by atoms with Crippen molar-refractivity contribution in [3.63, 3.8) is 0 Å². The largest absolute Gasteiger partial charge is 0.345 e. The van der Waals surface area contributed by atoms with Crippen LogP contribution in [0, 0.1) is 11.6 Å². The third kappa shape index (κ3) is 3.59. The van der Waals surface area contributed by atoms with E-state index in [2.05, 4.69) is 31.2 Å². The molecule has 1 aliphatic rings. The first-order valence-corrected chi connectivity index (χ1v) is 9.49. The van der Waals surface area contributed by atoms with Crippen LogP contribution in [0.25, 0.3) is 11.0 Å². The van der Waals surface area contributed by atoms with Gasteiger partial charge in [-0.1, -0.05) is 0 Å². The van der Waals surface area contributed by atoms with Crippen LogP contribution in [-0.2, 0) is 0 Å². The van der Waals surface area contributed by atoms with E-state index in [-0.39, 0.29) is 30.8 Å². The first kappa shape index (κ1) is 19.4. The van der Waals surface area contributed by atoms with Crippen molar-refractivity contribution in [3.05, 3.63) is 57.8 Å². The smallest absolute Gasteiger partial charge is 0.322 e. The van der Waals surface area contributed by atoms with Crippen molar-refractivity contribution >= 4 is 44.5 Å². The molecule has 1 saturated heterocycles. The van der Waals surface area contributed by atoms with Crippen molar-refractivity contribution in [3.8, 4) is 0 Å². The van der Waals surface area contributed by atoms with Gasteiger partial charge >= 0.3 is 6.03 Å². The summed E-state index contributed by atoms with van der Waals surface area (Å²) in [5, 5.41) is 2.68. The summed E-state index contributed by atoms with van der Waals surface area (Å²) in [6, 6.07) is 2.81. The molecule has 0 aliphatic carbocycles. The first-order valence-electron chi connectivity index (χ1n) is 8.70. The number of carbonyl (C=O) groups is 2. The Kier molecular flexibility index (Phi) is 5.03. The molecule has 2 aromatic heterocycles. The highest BCUT2D eigenvalue weighted by atomic mass is 79.9. The lowest BCUT2D eigenvalue weighted by Gasteiger charge is -2.17. The molecule has 0 spiro atoms. The summed E-state index contributed by atoms with van der Waals surface area (Å²) in [4.78, 5) is 33.2. The molecule has 10 heteroatoms. The molecular formula is C19H14BrF3N4O2. The highest BCUT2D eigenvalue weighted by molar-refractivity contribution is 9.10. The lowest BCUT2D eigenvalue weighted by Crippen LogP contribution is -2.33. The van der Waals surface area contributed by atoms with E-state index in [0.717, 1.165) is 12.1 Å². The Morgan fingerprint density at radius 1 is 1.31 bits per heavy atom. The molecule has 150 valence electrons. The molecular weight excluding hydrogens is 453 g/mol. The quantitative estimate of drug-likeness (QED) is 0.561. The Hall–Kier alpha value is -2.88. The van der Waals surface area contributed by atoms with Gasteiger partial charge < -0.3 is 15.2 Å². The number of nitrogens with zero attached hydrogens (tertiary/aromatic N) is 2. The fraction of sp³-hybridized carbons (Fsp3) is 0.211. The molecule has 1 aliphatic heterocycles. The molecule has 0 saturated carbocycles. The van der Waals surface area contributed by atoms with E-state index in [0.29, 0.717) is 15.5 Å². The Bertz CT molecular complexity index is 1130. The zero-order valence-corrected chi connectivity index (χ0v) is 16.4. The van der Waals surface area contributed by atoms with E-state index in [1.807, 2.05) is 0 Å². The van der Waals surface area contributed by atoms with Crippen molar-refractivity contribution in [2.75, 3.05) is 18.4 Å². The minimum Gasteiger partial charge on any atom is -0.345 e. The number of nitrogens with one attached hydrogen (secondary N) is 2. The van der Waals surface area contributed by atoms with E-state index in [9.17, 15) is 22.8 Å². The van der Waals surface area contributed by atoms with Crippen LogP contribution >= 0.6 is 15.9 Å². The number of ketones is 1. The number of pyridine rings is 1.